The molecule has 9 heteroatoms. The summed E-state index contributed by atoms with van der Waals surface area (Å²) in [5.41, 5.74) is 1.32. The van der Waals surface area contributed by atoms with Crippen molar-refractivity contribution in [2.45, 2.75) is 6.61 Å². The van der Waals surface area contributed by atoms with Crippen molar-refractivity contribution in [3.05, 3.63) is 67.1 Å². The summed E-state index contributed by atoms with van der Waals surface area (Å²) in [6.07, 6.45) is 1.13. The number of halogens is 5. The maximum Gasteiger partial charge on any atom is 0.178 e. The smallest absolute Gasteiger partial charge is 0.178 e. The third kappa shape index (κ3) is 4.47. The Labute approximate surface area is 163 Å². The summed E-state index contributed by atoms with van der Waals surface area (Å²) in [5, 5.41) is 16.7. The lowest BCUT2D eigenvalue weighted by molar-refractivity contribution is 0.131. The average molecular weight is 427 g/mol. The maximum atomic E-state index is 8.64. The van der Waals surface area contributed by atoms with Crippen LogP contribution in [0.5, 0.6) is 0 Å². The fraction of sp³-hybridized carbons (Fsp3) is 0.0667. The Morgan fingerprint density at radius 1 is 1.04 bits per heavy atom. The van der Waals surface area contributed by atoms with Crippen LogP contribution in [0.3, 0.4) is 0 Å². The van der Waals surface area contributed by atoms with Gasteiger partial charge >= 0.3 is 0 Å². The first-order valence-electron chi connectivity index (χ1n) is 6.39. The molecule has 2 rings (SSSR count). The van der Waals surface area contributed by atoms with Gasteiger partial charge in [0.05, 0.1) is 31.9 Å². The molecule has 0 radical (unpaired) electrons. The van der Waals surface area contributed by atoms with E-state index in [4.69, 9.17) is 68.0 Å². The maximum absolute atomic E-state index is 8.64. The lowest BCUT2D eigenvalue weighted by atomic mass is 10.1. The Balaban J connectivity index is 2.18. The molecule has 0 spiro atoms. The predicted molar refractivity (Wildman–Crippen MR) is 99.5 cm³/mol. The first-order chi connectivity index (χ1) is 11.5. The first-order valence-corrected chi connectivity index (χ1v) is 8.28. The van der Waals surface area contributed by atoms with Crippen LogP contribution in [0.25, 0.3) is 0 Å². The Morgan fingerprint density at radius 2 is 1.71 bits per heavy atom. The molecule has 0 aromatic heterocycles. The monoisotopic (exact) mass is 424 g/mol. The molecule has 0 atom stereocenters. The van der Waals surface area contributed by atoms with Crippen molar-refractivity contribution in [2.24, 2.45) is 10.3 Å². The molecule has 0 amide bonds. The minimum absolute atomic E-state index is 0.00725. The minimum atomic E-state index is 0.00725. The molecule has 0 saturated heterocycles. The second kappa shape index (κ2) is 8.79. The Morgan fingerprint density at radius 3 is 2.33 bits per heavy atom. The van der Waals surface area contributed by atoms with Crippen molar-refractivity contribution < 1.29 is 10.0 Å². The van der Waals surface area contributed by atoms with E-state index in [9.17, 15) is 0 Å². The zero-order chi connectivity index (χ0) is 17.7. The van der Waals surface area contributed by atoms with Crippen LogP contribution in [0.4, 0.5) is 0 Å². The second-order valence-corrected chi connectivity index (χ2v) is 6.39. The molecule has 24 heavy (non-hydrogen) atoms. The fourth-order valence-electron chi connectivity index (χ4n) is 1.80. The van der Waals surface area contributed by atoms with E-state index in [1.165, 1.54) is 0 Å². The number of benzene rings is 2. The van der Waals surface area contributed by atoms with Gasteiger partial charge in [-0.1, -0.05) is 80.4 Å². The van der Waals surface area contributed by atoms with Crippen molar-refractivity contribution >= 4 is 69.4 Å². The quantitative estimate of drug-likeness (QED) is 0.350. The summed E-state index contributed by atoms with van der Waals surface area (Å²) in [6.45, 7) is 0.0144. The van der Waals surface area contributed by atoms with Crippen molar-refractivity contribution in [1.82, 2.24) is 0 Å². The van der Waals surface area contributed by atoms with Gasteiger partial charge in [-0.25, -0.2) is 0 Å². The molecule has 0 heterocycles. The minimum Gasteiger partial charge on any atom is -0.411 e. The summed E-state index contributed by atoms with van der Waals surface area (Å²) in [6, 6.07) is 8.22. The van der Waals surface area contributed by atoms with Crippen LogP contribution in [-0.4, -0.2) is 16.6 Å². The van der Waals surface area contributed by atoms with Crippen LogP contribution in [0, 0.1) is 0 Å². The molecule has 2 aromatic carbocycles. The van der Waals surface area contributed by atoms with Gasteiger partial charge in [-0.2, -0.15) is 0 Å². The second-order valence-electron chi connectivity index (χ2n) is 4.43. The lowest BCUT2D eigenvalue weighted by Crippen LogP contribution is -1.98. The van der Waals surface area contributed by atoms with Gasteiger partial charge in [0, 0.05) is 11.1 Å². The topological polar surface area (TPSA) is 54.2 Å². The molecule has 0 aliphatic heterocycles. The van der Waals surface area contributed by atoms with Gasteiger partial charge in [0.1, 0.15) is 6.61 Å². The van der Waals surface area contributed by atoms with Crippen LogP contribution in [-0.2, 0) is 11.4 Å². The number of rotatable bonds is 5. The normalized spacial score (nSPS) is 12.0. The highest BCUT2D eigenvalue weighted by Gasteiger charge is 2.12. The molecule has 0 saturated carbocycles. The van der Waals surface area contributed by atoms with E-state index in [-0.39, 0.29) is 16.8 Å². The third-order valence-electron chi connectivity index (χ3n) is 2.93. The van der Waals surface area contributed by atoms with Crippen LogP contribution in [0.2, 0.25) is 20.1 Å². The number of nitrogens with zero attached hydrogens (tertiary/aromatic N) is 2. The van der Waals surface area contributed by atoms with Crippen molar-refractivity contribution in [2.75, 3.05) is 0 Å². The number of oxime groups is 2. The van der Waals surface area contributed by atoms with Crippen LogP contribution in [0.1, 0.15) is 16.7 Å². The highest BCUT2D eigenvalue weighted by atomic mass is 35.5. The summed E-state index contributed by atoms with van der Waals surface area (Å²) >= 11 is 30.3. The van der Waals surface area contributed by atoms with E-state index in [1.807, 2.05) is 0 Å². The van der Waals surface area contributed by atoms with Gasteiger partial charge in [0.15, 0.2) is 5.17 Å². The molecule has 0 bridgehead atoms. The zero-order valence-corrected chi connectivity index (χ0v) is 15.6. The molecule has 0 aliphatic carbocycles. The van der Waals surface area contributed by atoms with E-state index < -0.39 is 0 Å². The molecule has 1 N–H and O–H groups in total. The molecule has 0 unspecified atom stereocenters. The van der Waals surface area contributed by atoms with Gasteiger partial charge in [-0.05, 0) is 18.2 Å². The van der Waals surface area contributed by atoms with Crippen LogP contribution >= 0.6 is 58.0 Å². The largest absolute Gasteiger partial charge is 0.411 e. The molecular weight excluding hydrogens is 417 g/mol. The predicted octanol–water partition coefficient (Wildman–Crippen LogP) is 6.23. The average Bonchev–Trinajstić information content (AvgIpc) is 2.53. The Bertz CT molecular complexity index is 788. The summed E-state index contributed by atoms with van der Waals surface area (Å²) in [5.74, 6) is 0. The summed E-state index contributed by atoms with van der Waals surface area (Å²) < 4.78 is 0. The van der Waals surface area contributed by atoms with Gasteiger partial charge in [0.25, 0.3) is 0 Å². The molecular formula is C15H9Cl5N2O2. The summed E-state index contributed by atoms with van der Waals surface area (Å²) in [7, 11) is 0. The zero-order valence-electron chi connectivity index (χ0n) is 11.8. The lowest BCUT2D eigenvalue weighted by Gasteiger charge is -2.08. The summed E-state index contributed by atoms with van der Waals surface area (Å²) in [4.78, 5) is 5.20. The number of hydrogen-bond acceptors (Lipinski definition) is 4. The van der Waals surface area contributed by atoms with Crippen molar-refractivity contribution in [1.29, 1.82) is 0 Å². The third-order valence-corrected chi connectivity index (χ3v) is 4.59. The SMILES string of the molecule is O/N=C/c1c(Cl)ccc(CO/N=C(\Cl)c2c(Cl)cccc2Cl)c1Cl. The molecule has 4 nitrogen and oxygen atoms in total. The van der Waals surface area contributed by atoms with E-state index in [2.05, 4.69) is 10.3 Å². The fourth-order valence-corrected chi connectivity index (χ4v) is 3.25. The van der Waals surface area contributed by atoms with Gasteiger partial charge in [-0.3, -0.25) is 0 Å². The molecule has 126 valence electrons. The van der Waals surface area contributed by atoms with Crippen molar-refractivity contribution in [3.8, 4) is 0 Å². The van der Waals surface area contributed by atoms with E-state index in [1.54, 1.807) is 30.3 Å². The molecule has 0 fully saturated rings. The Hall–Kier alpha value is -1.17. The van der Waals surface area contributed by atoms with E-state index >= 15 is 0 Å². The van der Waals surface area contributed by atoms with E-state index in [0.717, 1.165) is 6.21 Å². The van der Waals surface area contributed by atoms with Gasteiger partial charge < -0.3 is 10.0 Å². The Kier molecular flexibility index (Phi) is 7.02. The van der Waals surface area contributed by atoms with E-state index in [0.29, 0.717) is 31.8 Å². The van der Waals surface area contributed by atoms with Crippen LogP contribution in [0.15, 0.2) is 40.6 Å². The van der Waals surface area contributed by atoms with Gasteiger partial charge in [0.2, 0.25) is 0 Å². The molecule has 2 aromatic rings. The van der Waals surface area contributed by atoms with Gasteiger partial charge in [-0.15, -0.1) is 0 Å². The highest BCUT2D eigenvalue weighted by Crippen LogP contribution is 2.28. The highest BCUT2D eigenvalue weighted by molar-refractivity contribution is 6.71. The standard InChI is InChI=1S/C15H9Cl5N2O2/c16-10-5-4-8(14(19)9(10)6-21-23)7-24-22-15(20)13-11(17)2-1-3-12(13)18/h1-6,23H,7H2/b21-6+,22-15-. The molecule has 0 aliphatic rings. The first kappa shape index (κ1) is 19.2. The number of hydrogen-bond donors (Lipinski definition) is 1. The van der Waals surface area contributed by atoms with Crippen molar-refractivity contribution in [3.63, 3.8) is 0 Å². The van der Waals surface area contributed by atoms with Crippen LogP contribution < -0.4 is 0 Å².